The Morgan fingerprint density at radius 2 is 1.81 bits per heavy atom. The average molecular weight is 315 g/mol. The summed E-state index contributed by atoms with van der Waals surface area (Å²) >= 11 is 1.95. The molecule has 0 unspecified atom stereocenters. The Labute approximate surface area is 132 Å². The topological polar surface area (TPSA) is 55.4 Å². The van der Waals surface area contributed by atoms with E-state index in [9.17, 15) is 9.59 Å². The Hall–Kier alpha value is -0.710. The van der Waals surface area contributed by atoms with E-state index in [1.165, 1.54) is 0 Å². The molecule has 1 aliphatic rings. The number of carbonyl (C=O) groups excluding carboxylic acids is 2. The van der Waals surface area contributed by atoms with Crippen LogP contribution in [0, 0.1) is 11.8 Å². The molecule has 0 aromatic carbocycles. The van der Waals surface area contributed by atoms with Gasteiger partial charge in [-0.05, 0) is 57.0 Å². The quantitative estimate of drug-likeness (QED) is 0.792. The van der Waals surface area contributed by atoms with Gasteiger partial charge in [0.15, 0.2) is 0 Å². The van der Waals surface area contributed by atoms with Crippen molar-refractivity contribution in [2.24, 2.45) is 11.8 Å². The lowest BCUT2D eigenvalue weighted by Gasteiger charge is -2.27. The first-order valence-corrected chi connectivity index (χ1v) is 8.94. The molecule has 122 valence electrons. The molecule has 1 saturated heterocycles. The number of ether oxygens (including phenoxy) is 1. The Morgan fingerprint density at radius 1 is 1.24 bits per heavy atom. The molecule has 0 aliphatic carbocycles. The predicted octanol–water partition coefficient (Wildman–Crippen LogP) is 3.00. The number of rotatable bonds is 5. The van der Waals surface area contributed by atoms with Gasteiger partial charge in [-0.2, -0.15) is 11.8 Å². The molecule has 1 amide bonds. The number of hydrogen-bond acceptors (Lipinski definition) is 4. The molecule has 0 aromatic heterocycles. The van der Waals surface area contributed by atoms with Gasteiger partial charge >= 0.3 is 5.97 Å². The normalized spacial score (nSPS) is 18.4. The highest BCUT2D eigenvalue weighted by Crippen LogP contribution is 2.25. The molecule has 1 aliphatic heterocycles. The van der Waals surface area contributed by atoms with Crippen molar-refractivity contribution in [3.63, 3.8) is 0 Å². The summed E-state index contributed by atoms with van der Waals surface area (Å²) in [6.07, 6.45) is 2.71. The van der Waals surface area contributed by atoms with Crippen molar-refractivity contribution in [2.75, 3.05) is 11.5 Å². The number of amides is 1. The van der Waals surface area contributed by atoms with E-state index in [0.29, 0.717) is 12.3 Å². The van der Waals surface area contributed by atoms with Crippen molar-refractivity contribution in [3.05, 3.63) is 0 Å². The largest absolute Gasteiger partial charge is 0.458 e. The van der Waals surface area contributed by atoms with Crippen molar-refractivity contribution in [1.82, 2.24) is 5.32 Å². The molecule has 5 heteroatoms. The minimum absolute atomic E-state index is 0.0192. The highest BCUT2D eigenvalue weighted by atomic mass is 32.2. The molecule has 1 atom stereocenters. The highest BCUT2D eigenvalue weighted by Gasteiger charge is 2.29. The second kappa shape index (κ2) is 8.06. The van der Waals surface area contributed by atoms with E-state index < -0.39 is 11.6 Å². The molecule has 0 aromatic rings. The number of thioether (sulfide) groups is 1. The SMILES string of the molecule is CC(C)[C@@H](NC(=O)CC1CCSCC1)C(=O)OC(C)(C)C. The number of carbonyl (C=O) groups is 2. The van der Waals surface area contributed by atoms with E-state index in [-0.39, 0.29) is 17.8 Å². The van der Waals surface area contributed by atoms with Gasteiger partial charge in [-0.15, -0.1) is 0 Å². The first-order valence-electron chi connectivity index (χ1n) is 7.79. The van der Waals surface area contributed by atoms with Crippen LogP contribution in [0.25, 0.3) is 0 Å². The van der Waals surface area contributed by atoms with E-state index in [0.717, 1.165) is 24.3 Å². The highest BCUT2D eigenvalue weighted by molar-refractivity contribution is 7.99. The maximum absolute atomic E-state index is 12.2. The smallest absolute Gasteiger partial charge is 0.329 e. The molecule has 4 nitrogen and oxygen atoms in total. The lowest BCUT2D eigenvalue weighted by Crippen LogP contribution is -2.47. The van der Waals surface area contributed by atoms with Gasteiger partial charge in [-0.3, -0.25) is 4.79 Å². The van der Waals surface area contributed by atoms with Gasteiger partial charge in [-0.1, -0.05) is 13.8 Å². The minimum atomic E-state index is -0.560. The summed E-state index contributed by atoms with van der Waals surface area (Å²) in [4.78, 5) is 24.4. The number of hydrogen-bond donors (Lipinski definition) is 1. The summed E-state index contributed by atoms with van der Waals surface area (Å²) in [5.74, 6) is 2.37. The molecule has 1 fully saturated rings. The van der Waals surface area contributed by atoms with Gasteiger partial charge in [0, 0.05) is 6.42 Å². The number of esters is 1. The Morgan fingerprint density at radius 3 is 2.29 bits per heavy atom. The summed E-state index contributed by atoms with van der Waals surface area (Å²) in [5, 5.41) is 2.87. The summed E-state index contributed by atoms with van der Waals surface area (Å²) in [6.45, 7) is 9.36. The lowest BCUT2D eigenvalue weighted by molar-refractivity contribution is -0.160. The summed E-state index contributed by atoms with van der Waals surface area (Å²) in [7, 11) is 0. The van der Waals surface area contributed by atoms with Gasteiger partial charge in [-0.25, -0.2) is 4.79 Å². The van der Waals surface area contributed by atoms with Gasteiger partial charge in [0.1, 0.15) is 11.6 Å². The van der Waals surface area contributed by atoms with E-state index in [4.69, 9.17) is 4.74 Å². The van der Waals surface area contributed by atoms with E-state index in [2.05, 4.69) is 5.32 Å². The molecule has 0 radical (unpaired) electrons. The van der Waals surface area contributed by atoms with Crippen LogP contribution in [-0.2, 0) is 14.3 Å². The molecule has 21 heavy (non-hydrogen) atoms. The van der Waals surface area contributed by atoms with Crippen LogP contribution in [0.15, 0.2) is 0 Å². The lowest BCUT2D eigenvalue weighted by atomic mass is 9.97. The average Bonchev–Trinajstić information content (AvgIpc) is 2.34. The van der Waals surface area contributed by atoms with E-state index >= 15 is 0 Å². The second-order valence-corrected chi connectivity index (χ2v) is 8.31. The fraction of sp³-hybridized carbons (Fsp3) is 0.875. The Kier molecular flexibility index (Phi) is 7.04. The molecule has 1 heterocycles. The van der Waals surface area contributed by atoms with Crippen LogP contribution < -0.4 is 5.32 Å². The fourth-order valence-electron chi connectivity index (χ4n) is 2.31. The van der Waals surface area contributed by atoms with Crippen LogP contribution in [0.5, 0.6) is 0 Å². The van der Waals surface area contributed by atoms with Crippen molar-refractivity contribution in [2.45, 2.75) is 65.5 Å². The third-order valence-electron chi connectivity index (χ3n) is 3.46. The molecular formula is C16H29NO3S. The van der Waals surface area contributed by atoms with Gasteiger partial charge in [0.25, 0.3) is 0 Å². The second-order valence-electron chi connectivity index (χ2n) is 7.08. The zero-order valence-electron chi connectivity index (χ0n) is 13.9. The number of nitrogens with one attached hydrogen (secondary N) is 1. The van der Waals surface area contributed by atoms with Crippen molar-refractivity contribution < 1.29 is 14.3 Å². The monoisotopic (exact) mass is 315 g/mol. The minimum Gasteiger partial charge on any atom is -0.458 e. The molecule has 1 N–H and O–H groups in total. The summed E-state index contributed by atoms with van der Waals surface area (Å²) < 4.78 is 5.40. The predicted molar refractivity (Wildman–Crippen MR) is 87.3 cm³/mol. The molecule has 1 rings (SSSR count). The first kappa shape index (κ1) is 18.3. The van der Waals surface area contributed by atoms with E-state index in [1.807, 2.05) is 46.4 Å². The Bertz CT molecular complexity index is 357. The van der Waals surface area contributed by atoms with Crippen molar-refractivity contribution in [3.8, 4) is 0 Å². The van der Waals surface area contributed by atoms with Gasteiger partial charge < -0.3 is 10.1 Å². The molecule has 0 spiro atoms. The van der Waals surface area contributed by atoms with Gasteiger partial charge in [0.2, 0.25) is 5.91 Å². The molecular weight excluding hydrogens is 286 g/mol. The Balaban J connectivity index is 2.52. The molecule has 0 saturated carbocycles. The maximum Gasteiger partial charge on any atom is 0.329 e. The zero-order chi connectivity index (χ0) is 16.0. The van der Waals surface area contributed by atoms with Crippen LogP contribution in [0.2, 0.25) is 0 Å². The summed E-state index contributed by atoms with van der Waals surface area (Å²) in [5.41, 5.74) is -0.532. The van der Waals surface area contributed by atoms with Crippen LogP contribution in [0.1, 0.15) is 53.9 Å². The molecule has 0 bridgehead atoms. The van der Waals surface area contributed by atoms with Crippen LogP contribution in [-0.4, -0.2) is 35.0 Å². The fourth-order valence-corrected chi connectivity index (χ4v) is 3.51. The van der Waals surface area contributed by atoms with Crippen molar-refractivity contribution >= 4 is 23.6 Å². The van der Waals surface area contributed by atoms with Crippen LogP contribution in [0.4, 0.5) is 0 Å². The third-order valence-corrected chi connectivity index (χ3v) is 4.51. The maximum atomic E-state index is 12.2. The van der Waals surface area contributed by atoms with Crippen molar-refractivity contribution in [1.29, 1.82) is 0 Å². The first-order chi connectivity index (χ1) is 9.69. The standard InChI is InChI=1S/C16H29NO3S/c1-11(2)14(15(19)20-16(3,4)5)17-13(18)10-12-6-8-21-9-7-12/h11-12,14H,6-10H2,1-5H3,(H,17,18)/t14-/m1/s1. The van der Waals surface area contributed by atoms with Crippen LogP contribution >= 0.6 is 11.8 Å². The van der Waals surface area contributed by atoms with Gasteiger partial charge in [0.05, 0.1) is 0 Å². The summed E-state index contributed by atoms with van der Waals surface area (Å²) in [6, 6.07) is -0.560. The van der Waals surface area contributed by atoms with Crippen LogP contribution in [0.3, 0.4) is 0 Å². The zero-order valence-corrected chi connectivity index (χ0v) is 14.7. The third kappa shape index (κ3) is 7.21. The van der Waals surface area contributed by atoms with E-state index in [1.54, 1.807) is 0 Å².